The van der Waals surface area contributed by atoms with E-state index in [4.69, 9.17) is 29.2 Å². The molecule has 0 saturated heterocycles. The Labute approximate surface area is 273 Å². The molecular formula is C27H26KN5O3S2. The van der Waals surface area contributed by atoms with Gasteiger partial charge in [0.05, 0.1) is 5.69 Å². The first-order chi connectivity index (χ1) is 18.0. The van der Waals surface area contributed by atoms with E-state index < -0.39 is 5.97 Å². The van der Waals surface area contributed by atoms with Crippen LogP contribution in [0, 0.1) is 15.5 Å². The fourth-order valence-electron chi connectivity index (χ4n) is 4.74. The van der Waals surface area contributed by atoms with Gasteiger partial charge in [-0.3, -0.25) is 14.8 Å². The summed E-state index contributed by atoms with van der Waals surface area (Å²) in [5.41, 5.74) is 5.05. The van der Waals surface area contributed by atoms with Gasteiger partial charge in [0.25, 0.3) is 0 Å². The van der Waals surface area contributed by atoms with E-state index in [0.29, 0.717) is 34.8 Å². The van der Waals surface area contributed by atoms with Crippen LogP contribution >= 0.6 is 24.4 Å². The molecule has 11 heteroatoms. The van der Waals surface area contributed by atoms with E-state index >= 15 is 0 Å². The second-order valence-corrected chi connectivity index (χ2v) is 9.79. The number of anilines is 2. The third-order valence-electron chi connectivity index (χ3n) is 6.35. The predicted octanol–water partition coefficient (Wildman–Crippen LogP) is 1.36. The van der Waals surface area contributed by atoms with Crippen LogP contribution in [-0.4, -0.2) is 34.0 Å². The summed E-state index contributed by atoms with van der Waals surface area (Å²) in [5.74, 6) is -0.329. The largest absolute Gasteiger partial charge is 1.00 e. The van der Waals surface area contributed by atoms with E-state index in [9.17, 15) is 9.90 Å². The van der Waals surface area contributed by atoms with Crippen LogP contribution in [0.1, 0.15) is 17.5 Å². The first kappa shape index (κ1) is 28.7. The minimum absolute atomic E-state index is 0. The number of benzene rings is 3. The number of nitrogens with one attached hydrogen (secondary N) is 3. The van der Waals surface area contributed by atoms with Gasteiger partial charge in [-0.1, -0.05) is 36.4 Å². The van der Waals surface area contributed by atoms with Gasteiger partial charge in [0.2, 0.25) is 0 Å². The standard InChI is InChI=1S/C27H27N5O3S2.K/c33-25(34)12-19-11-20-13-23(9-10-24(20)31(16-19)15-18-5-2-1-3-6-18)35-17-28-21-7-4-8-22(14-21)32-26(36)29-30-27(32)37;/h1-10,13-14,19,28H,11-12,15-17H2,(H,29,36)(H,30,37)(H,33,34);/q;+1/p-1. The molecule has 0 bridgehead atoms. The van der Waals surface area contributed by atoms with Gasteiger partial charge < -0.3 is 24.9 Å². The number of hydrogen-bond acceptors (Lipinski definition) is 7. The van der Waals surface area contributed by atoms with Crippen molar-refractivity contribution in [1.29, 1.82) is 0 Å². The summed E-state index contributed by atoms with van der Waals surface area (Å²) in [7, 11) is 0. The molecule has 8 nitrogen and oxygen atoms in total. The fourth-order valence-corrected chi connectivity index (χ4v) is 5.29. The first-order valence-electron chi connectivity index (χ1n) is 11.9. The molecule has 4 aromatic rings. The maximum atomic E-state index is 11.3. The van der Waals surface area contributed by atoms with Crippen molar-refractivity contribution in [2.75, 3.05) is 23.5 Å². The van der Waals surface area contributed by atoms with E-state index in [1.54, 1.807) is 4.57 Å². The van der Waals surface area contributed by atoms with Gasteiger partial charge in [-0.25, -0.2) is 0 Å². The molecule has 5 rings (SSSR count). The number of ether oxygens (including phenoxy) is 1. The maximum Gasteiger partial charge on any atom is 1.00 e. The maximum absolute atomic E-state index is 11.3. The Hall–Kier alpha value is -2.25. The van der Waals surface area contributed by atoms with Gasteiger partial charge in [0.1, 0.15) is 5.75 Å². The van der Waals surface area contributed by atoms with Crippen LogP contribution in [0.25, 0.3) is 5.69 Å². The molecule has 3 N–H and O–H groups in total. The van der Waals surface area contributed by atoms with Crippen LogP contribution in [0.15, 0.2) is 72.8 Å². The summed E-state index contributed by atoms with van der Waals surface area (Å²) in [6.07, 6.45) is 0.696. The number of carbonyl (C=O) groups excluding carboxylic acids is 1. The number of nitrogens with zero attached hydrogens (tertiary/aromatic N) is 2. The van der Waals surface area contributed by atoms with Crippen LogP contribution in [0.4, 0.5) is 11.4 Å². The summed E-state index contributed by atoms with van der Waals surface area (Å²) in [5, 5.41) is 20.3. The molecule has 0 amide bonds. The Balaban J connectivity index is 0.00000336. The first-order valence-corrected chi connectivity index (χ1v) is 12.8. The van der Waals surface area contributed by atoms with E-state index in [2.05, 4.69) is 38.6 Å². The molecule has 0 saturated carbocycles. The molecule has 0 fully saturated rings. The van der Waals surface area contributed by atoms with Gasteiger partial charge in [-0.05, 0) is 90.7 Å². The Morgan fingerprint density at radius 1 is 1.03 bits per heavy atom. The molecule has 190 valence electrons. The molecule has 2 heterocycles. The minimum Gasteiger partial charge on any atom is -0.550 e. The topological polar surface area (TPSA) is 101 Å². The molecular weight excluding hydrogens is 546 g/mol. The van der Waals surface area contributed by atoms with Crippen molar-refractivity contribution in [2.24, 2.45) is 5.92 Å². The van der Waals surface area contributed by atoms with Crippen molar-refractivity contribution < 1.29 is 66.0 Å². The summed E-state index contributed by atoms with van der Waals surface area (Å²) in [6, 6.07) is 23.9. The van der Waals surface area contributed by atoms with Crippen molar-refractivity contribution in [1.82, 2.24) is 14.8 Å². The molecule has 1 atom stereocenters. The Morgan fingerprint density at radius 2 is 1.79 bits per heavy atom. The van der Waals surface area contributed by atoms with Gasteiger partial charge in [-0.15, -0.1) is 0 Å². The molecule has 1 aliphatic rings. The number of H-pyrrole nitrogens is 2. The van der Waals surface area contributed by atoms with E-state index in [1.807, 2.05) is 54.6 Å². The zero-order chi connectivity index (χ0) is 25.8. The molecule has 0 spiro atoms. The third kappa shape index (κ3) is 7.03. The Morgan fingerprint density at radius 3 is 2.53 bits per heavy atom. The summed E-state index contributed by atoms with van der Waals surface area (Å²) < 4.78 is 8.73. The van der Waals surface area contributed by atoms with Crippen molar-refractivity contribution in [3.8, 4) is 11.4 Å². The SMILES string of the molecule is O=C([O-])CC1Cc2cc(OCNc3cccc(-n4c(=S)[nH][nH]c4=S)c3)ccc2N(Cc2ccccc2)C1.[K+]. The minimum atomic E-state index is -1.02. The average molecular weight is 572 g/mol. The van der Waals surface area contributed by atoms with Crippen molar-refractivity contribution in [2.45, 2.75) is 19.4 Å². The van der Waals surface area contributed by atoms with Gasteiger partial charge >= 0.3 is 51.4 Å². The number of fused-ring (bicyclic) bond motifs is 1. The van der Waals surface area contributed by atoms with Gasteiger partial charge in [0, 0.05) is 30.4 Å². The van der Waals surface area contributed by atoms with E-state index in [0.717, 1.165) is 22.6 Å². The fraction of sp³-hybridized carbons (Fsp3) is 0.222. The number of aliphatic carboxylic acids is 1. The molecule has 38 heavy (non-hydrogen) atoms. The molecule has 1 aliphatic heterocycles. The van der Waals surface area contributed by atoms with Gasteiger partial charge in [0.15, 0.2) is 16.3 Å². The van der Waals surface area contributed by atoms with Crippen LogP contribution in [-0.2, 0) is 17.8 Å². The molecule has 0 aliphatic carbocycles. The van der Waals surface area contributed by atoms with Crippen LogP contribution in [0.3, 0.4) is 0 Å². The normalized spacial score (nSPS) is 14.3. The van der Waals surface area contributed by atoms with Crippen LogP contribution < -0.4 is 71.4 Å². The third-order valence-corrected chi connectivity index (χ3v) is 6.92. The van der Waals surface area contributed by atoms with E-state index in [1.165, 1.54) is 5.56 Å². The number of rotatable bonds is 9. The number of carbonyl (C=O) groups is 1. The second kappa shape index (κ2) is 13.2. The summed E-state index contributed by atoms with van der Waals surface area (Å²) in [4.78, 5) is 13.6. The predicted molar refractivity (Wildman–Crippen MR) is 146 cm³/mol. The van der Waals surface area contributed by atoms with Crippen molar-refractivity contribution >= 4 is 41.8 Å². The number of aromatic amines is 2. The van der Waals surface area contributed by atoms with Crippen LogP contribution in [0.2, 0.25) is 0 Å². The summed E-state index contributed by atoms with van der Waals surface area (Å²) >= 11 is 10.6. The average Bonchev–Trinajstić information content (AvgIpc) is 3.22. The number of hydrogen-bond donors (Lipinski definition) is 3. The van der Waals surface area contributed by atoms with E-state index in [-0.39, 0.29) is 70.5 Å². The Kier molecular flexibility index (Phi) is 9.99. The quantitative estimate of drug-likeness (QED) is 0.159. The van der Waals surface area contributed by atoms with Crippen LogP contribution in [0.5, 0.6) is 5.75 Å². The van der Waals surface area contributed by atoms with Crippen molar-refractivity contribution in [3.63, 3.8) is 0 Å². The molecule has 3 aromatic carbocycles. The Bertz CT molecular complexity index is 1490. The van der Waals surface area contributed by atoms with Gasteiger partial charge in [-0.2, -0.15) is 0 Å². The molecule has 1 unspecified atom stereocenters. The smallest absolute Gasteiger partial charge is 0.550 e. The molecule has 1 aromatic heterocycles. The summed E-state index contributed by atoms with van der Waals surface area (Å²) in [6.45, 7) is 1.64. The zero-order valence-electron chi connectivity index (χ0n) is 21.0. The number of carboxylic acids is 1. The zero-order valence-corrected chi connectivity index (χ0v) is 25.7. The second-order valence-electron chi connectivity index (χ2n) is 9.01. The number of carboxylic acid groups (broad SMARTS) is 1. The monoisotopic (exact) mass is 571 g/mol. The number of aromatic nitrogens is 3. The molecule has 0 radical (unpaired) electrons. The van der Waals surface area contributed by atoms with Crippen molar-refractivity contribution in [3.05, 3.63) is 93.5 Å².